The van der Waals surface area contributed by atoms with Gasteiger partial charge in [-0.05, 0) is 28.8 Å². The molecule has 0 radical (unpaired) electrons. The molecule has 8 nitrogen and oxygen atoms in total. The molecule has 0 fully saturated rings. The molecule has 3 rings (SSSR count). The van der Waals surface area contributed by atoms with E-state index in [9.17, 15) is 17.4 Å². The highest BCUT2D eigenvalue weighted by atomic mass is 32.2. The van der Waals surface area contributed by atoms with Crippen LogP contribution < -0.4 is 5.48 Å². The number of rotatable bonds is 7. The number of carbonyl (C=O) groups is 1. The van der Waals surface area contributed by atoms with E-state index >= 15 is 0 Å². The summed E-state index contributed by atoms with van der Waals surface area (Å²) in [6.45, 7) is 0. The van der Waals surface area contributed by atoms with Crippen molar-refractivity contribution >= 4 is 32.3 Å². The van der Waals surface area contributed by atoms with Crippen molar-refractivity contribution in [2.24, 2.45) is 5.16 Å². The van der Waals surface area contributed by atoms with E-state index in [0.29, 0.717) is 12.1 Å². The summed E-state index contributed by atoms with van der Waals surface area (Å²) in [6.07, 6.45) is 2.79. The van der Waals surface area contributed by atoms with Gasteiger partial charge in [0.2, 0.25) is 0 Å². The summed E-state index contributed by atoms with van der Waals surface area (Å²) in [6, 6.07) is 14.3. The van der Waals surface area contributed by atoms with E-state index in [2.05, 4.69) is 5.16 Å². The summed E-state index contributed by atoms with van der Waals surface area (Å²) in [4.78, 5) is 17.3. The van der Waals surface area contributed by atoms with Crippen LogP contribution in [0.5, 0.6) is 0 Å². The zero-order chi connectivity index (χ0) is 21.9. The molecule has 160 valence electrons. The molecule has 2 aromatic rings. The Hall–Kier alpha value is -2.56. The lowest BCUT2D eigenvalue weighted by molar-refractivity contribution is -0.129. The minimum atomic E-state index is -3.23. The summed E-state index contributed by atoms with van der Waals surface area (Å²) < 4.78 is 34.9. The van der Waals surface area contributed by atoms with Crippen LogP contribution in [-0.4, -0.2) is 53.3 Å². The molecule has 0 aliphatic carbocycles. The van der Waals surface area contributed by atoms with Gasteiger partial charge in [-0.25, -0.2) is 13.9 Å². The number of oxime groups is 1. The summed E-state index contributed by atoms with van der Waals surface area (Å²) >= 11 is 0. The largest absolute Gasteiger partial charge is 0.392 e. The van der Waals surface area contributed by atoms with E-state index < -0.39 is 37.9 Å². The molecule has 30 heavy (non-hydrogen) atoms. The number of nitrogens with zero attached hydrogens (tertiary/aromatic N) is 1. The second-order valence-corrected chi connectivity index (χ2v) is 10.6. The fraction of sp³-hybridized carbons (Fsp3) is 0.300. The van der Waals surface area contributed by atoms with Crippen molar-refractivity contribution in [3.63, 3.8) is 0 Å². The van der Waals surface area contributed by atoms with Gasteiger partial charge in [0.15, 0.2) is 9.84 Å². The number of benzene rings is 2. The molecule has 2 aromatic carbocycles. The zero-order valence-electron chi connectivity index (χ0n) is 16.4. The Morgan fingerprint density at radius 3 is 2.20 bits per heavy atom. The van der Waals surface area contributed by atoms with E-state index in [0.717, 1.165) is 16.7 Å². The van der Waals surface area contributed by atoms with Crippen molar-refractivity contribution in [1.82, 2.24) is 5.48 Å². The van der Waals surface area contributed by atoms with Gasteiger partial charge in [-0.1, -0.05) is 41.6 Å². The third-order valence-corrected chi connectivity index (χ3v) is 7.18. The molecular weight excluding hydrogens is 428 g/mol. The maximum absolute atomic E-state index is 11.7. The van der Waals surface area contributed by atoms with Gasteiger partial charge in [-0.2, -0.15) is 0 Å². The van der Waals surface area contributed by atoms with Crippen LogP contribution in [0.25, 0.3) is 11.1 Å². The Bertz CT molecular complexity index is 1080. The number of hydrogen-bond donors (Lipinski definition) is 2. The van der Waals surface area contributed by atoms with Crippen molar-refractivity contribution in [2.45, 2.75) is 29.1 Å². The predicted octanol–water partition coefficient (Wildman–Crippen LogP) is 1.89. The fourth-order valence-electron chi connectivity index (χ4n) is 3.18. The first-order valence-corrected chi connectivity index (χ1v) is 12.6. The van der Waals surface area contributed by atoms with Crippen LogP contribution in [0, 0.1) is 0 Å². The van der Waals surface area contributed by atoms with Gasteiger partial charge in [0.05, 0.1) is 10.6 Å². The van der Waals surface area contributed by atoms with Gasteiger partial charge in [-0.3, -0.25) is 14.2 Å². The Balaban J connectivity index is 1.67. The predicted molar refractivity (Wildman–Crippen MR) is 113 cm³/mol. The number of nitrogens with one attached hydrogen (secondary N) is 1. The molecule has 0 saturated carbocycles. The molecule has 0 saturated heterocycles. The van der Waals surface area contributed by atoms with Crippen molar-refractivity contribution < 1.29 is 27.5 Å². The minimum absolute atomic E-state index is 0.174. The van der Waals surface area contributed by atoms with Crippen molar-refractivity contribution in [1.29, 1.82) is 0 Å². The number of carbonyl (C=O) groups excluding carboxylic acids is 1. The van der Waals surface area contributed by atoms with E-state index in [-0.39, 0.29) is 11.3 Å². The first-order chi connectivity index (χ1) is 14.2. The lowest BCUT2D eigenvalue weighted by Gasteiger charge is -2.15. The SMILES string of the molecule is CS(=O)C(CC1CC(c2ccc(-c3ccc(S(C)(=O)=O)cc3)cc2)=NO1)C(=O)NO. The quantitative estimate of drug-likeness (QED) is 0.491. The monoisotopic (exact) mass is 450 g/mol. The molecule has 1 heterocycles. The van der Waals surface area contributed by atoms with Crippen LogP contribution in [0.2, 0.25) is 0 Å². The standard InChI is InChI=1S/C20H22N2O6S2/c1-29(25)19(20(23)21-24)12-16-11-18(22-28-16)15-5-3-13(4-6-15)14-7-9-17(10-8-14)30(2,26)27/h3-10,16,19,24H,11-12H2,1-2H3,(H,21,23). The van der Waals surface area contributed by atoms with Gasteiger partial charge in [-0.15, -0.1) is 0 Å². The first-order valence-electron chi connectivity index (χ1n) is 9.09. The van der Waals surface area contributed by atoms with Gasteiger partial charge < -0.3 is 4.84 Å². The van der Waals surface area contributed by atoms with Crippen LogP contribution in [0.15, 0.2) is 58.6 Å². The van der Waals surface area contributed by atoms with Crippen LogP contribution in [0.1, 0.15) is 18.4 Å². The lowest BCUT2D eigenvalue weighted by atomic mass is 9.99. The van der Waals surface area contributed by atoms with Gasteiger partial charge in [0.1, 0.15) is 11.4 Å². The molecule has 1 amide bonds. The van der Waals surface area contributed by atoms with Crippen LogP contribution in [0.4, 0.5) is 0 Å². The van der Waals surface area contributed by atoms with Gasteiger partial charge >= 0.3 is 0 Å². The Labute approximate surface area is 177 Å². The van der Waals surface area contributed by atoms with Gasteiger partial charge in [0, 0.05) is 36.2 Å². The van der Waals surface area contributed by atoms with E-state index in [4.69, 9.17) is 10.0 Å². The molecule has 1 aliphatic heterocycles. The second kappa shape index (κ2) is 9.07. The third-order valence-electron chi connectivity index (χ3n) is 4.85. The van der Waals surface area contributed by atoms with Crippen molar-refractivity contribution in [2.75, 3.05) is 12.5 Å². The topological polar surface area (TPSA) is 122 Å². The lowest BCUT2D eigenvalue weighted by Crippen LogP contribution is -2.37. The summed E-state index contributed by atoms with van der Waals surface area (Å²) in [5.41, 5.74) is 4.92. The zero-order valence-corrected chi connectivity index (χ0v) is 18.1. The average Bonchev–Trinajstić information content (AvgIpc) is 3.19. The number of hydrogen-bond acceptors (Lipinski definition) is 7. The van der Waals surface area contributed by atoms with Crippen molar-refractivity contribution in [3.8, 4) is 11.1 Å². The molecule has 1 aliphatic rings. The highest BCUT2D eigenvalue weighted by Gasteiger charge is 2.31. The summed E-state index contributed by atoms with van der Waals surface area (Å²) in [5.74, 6) is -0.709. The molecule has 10 heteroatoms. The highest BCUT2D eigenvalue weighted by molar-refractivity contribution is 7.90. The number of amides is 1. The Morgan fingerprint density at radius 2 is 1.70 bits per heavy atom. The first kappa shape index (κ1) is 22.1. The minimum Gasteiger partial charge on any atom is -0.392 e. The second-order valence-electron chi connectivity index (χ2n) is 7.04. The molecule has 0 bridgehead atoms. The normalized spacial score (nSPS) is 18.2. The molecule has 0 aromatic heterocycles. The molecule has 0 spiro atoms. The summed E-state index contributed by atoms with van der Waals surface area (Å²) in [5, 5.41) is 12.0. The summed E-state index contributed by atoms with van der Waals surface area (Å²) in [7, 11) is -4.69. The Morgan fingerprint density at radius 1 is 1.17 bits per heavy atom. The number of sulfone groups is 1. The van der Waals surface area contributed by atoms with E-state index in [1.54, 1.807) is 24.3 Å². The molecule has 3 unspecified atom stereocenters. The molecule has 3 atom stereocenters. The van der Waals surface area contributed by atoms with Gasteiger partial charge in [0.25, 0.3) is 5.91 Å². The smallest absolute Gasteiger partial charge is 0.259 e. The Kier molecular flexibility index (Phi) is 6.69. The van der Waals surface area contributed by atoms with E-state index in [1.807, 2.05) is 24.3 Å². The van der Waals surface area contributed by atoms with Crippen molar-refractivity contribution in [3.05, 3.63) is 54.1 Å². The van der Waals surface area contributed by atoms with Crippen LogP contribution >= 0.6 is 0 Å². The van der Waals surface area contributed by atoms with Crippen LogP contribution in [-0.2, 0) is 30.3 Å². The maximum Gasteiger partial charge on any atom is 0.259 e. The number of hydroxylamine groups is 1. The van der Waals surface area contributed by atoms with Crippen LogP contribution in [0.3, 0.4) is 0 Å². The maximum atomic E-state index is 11.7. The van der Waals surface area contributed by atoms with E-state index in [1.165, 1.54) is 18.0 Å². The highest BCUT2D eigenvalue weighted by Crippen LogP contribution is 2.25. The molecule has 2 N–H and O–H groups in total. The molecular formula is C20H22N2O6S2. The average molecular weight is 451 g/mol. The third kappa shape index (κ3) is 5.13. The fourth-order valence-corrected chi connectivity index (χ4v) is 4.65.